The summed E-state index contributed by atoms with van der Waals surface area (Å²) in [4.78, 5) is 0. The highest BCUT2D eigenvalue weighted by molar-refractivity contribution is 6.39. The van der Waals surface area contributed by atoms with Gasteiger partial charge in [0.1, 0.15) is 0 Å². The third-order valence-corrected chi connectivity index (χ3v) is 1.62. The number of halogens is 1. The predicted octanol–water partition coefficient (Wildman–Crippen LogP) is 2.90. The normalized spacial score (nSPS) is 11.5. The molecule has 0 rings (SSSR count). The van der Waals surface area contributed by atoms with Crippen molar-refractivity contribution in [2.75, 3.05) is 0 Å². The maximum atomic E-state index is 7.43. The first kappa shape index (κ1) is 13.2. The van der Waals surface area contributed by atoms with E-state index in [4.69, 9.17) is 10.8 Å². The van der Waals surface area contributed by atoms with E-state index in [1.165, 1.54) is 0 Å². The van der Waals surface area contributed by atoms with Gasteiger partial charge in [-0.3, -0.25) is 0 Å². The minimum Gasteiger partial charge on any atom is -0.304 e. The van der Waals surface area contributed by atoms with Crippen LogP contribution in [0.1, 0.15) is 33.6 Å². The van der Waals surface area contributed by atoms with Crippen molar-refractivity contribution < 1.29 is 0 Å². The van der Waals surface area contributed by atoms with Crippen molar-refractivity contribution in [3.05, 3.63) is 0 Å². The van der Waals surface area contributed by atoms with Gasteiger partial charge in [-0.15, -0.1) is 12.4 Å². The van der Waals surface area contributed by atoms with E-state index in [0.717, 1.165) is 12.8 Å². The van der Waals surface area contributed by atoms with Crippen LogP contribution in [0.4, 0.5) is 0 Å². The first-order valence-corrected chi connectivity index (χ1v) is 3.73. The predicted molar refractivity (Wildman–Crippen MR) is 52.4 cm³/mol. The minimum absolute atomic E-state index is 0. The Morgan fingerprint density at radius 1 is 1.36 bits per heavy atom. The van der Waals surface area contributed by atoms with Gasteiger partial charge in [-0.1, -0.05) is 20.3 Å². The van der Waals surface area contributed by atoms with Crippen LogP contribution in [0.25, 0.3) is 0 Å². The molecule has 0 saturated carbocycles. The lowest BCUT2D eigenvalue weighted by Crippen LogP contribution is -2.16. The van der Waals surface area contributed by atoms with Crippen molar-refractivity contribution >= 4 is 23.8 Å². The van der Waals surface area contributed by atoms with Crippen LogP contribution in [0.15, 0.2) is 0 Å². The molecule has 0 aromatic rings. The average molecular weight is 177 g/mol. The van der Waals surface area contributed by atoms with Gasteiger partial charge in [-0.05, 0) is 19.3 Å². The molecule has 0 fully saturated rings. The Hall–Kier alpha value is -0.370. The van der Waals surface area contributed by atoms with Crippen LogP contribution in [0.3, 0.4) is 0 Å². The minimum atomic E-state index is 0. The van der Waals surface area contributed by atoms with Crippen LogP contribution in [0.5, 0.6) is 0 Å². The molecule has 0 heterocycles. The molecular formula is C8H17ClN2. The van der Waals surface area contributed by atoms with E-state index in [1.54, 1.807) is 6.92 Å². The summed E-state index contributed by atoms with van der Waals surface area (Å²) in [5.74, 6) is 0.266. The average Bonchev–Trinajstić information content (AvgIpc) is 1.87. The fraction of sp³-hybridized carbons (Fsp3) is 0.750. The van der Waals surface area contributed by atoms with E-state index >= 15 is 0 Å². The van der Waals surface area contributed by atoms with Gasteiger partial charge < -0.3 is 10.8 Å². The Morgan fingerprint density at radius 3 is 2.09 bits per heavy atom. The Morgan fingerprint density at radius 2 is 1.82 bits per heavy atom. The number of hydrogen-bond donors (Lipinski definition) is 2. The van der Waals surface area contributed by atoms with Crippen molar-refractivity contribution in [1.29, 1.82) is 10.8 Å². The van der Waals surface area contributed by atoms with Crippen LogP contribution < -0.4 is 0 Å². The monoisotopic (exact) mass is 176 g/mol. The zero-order valence-corrected chi connectivity index (χ0v) is 8.22. The highest BCUT2D eigenvalue weighted by Gasteiger charge is 2.08. The molecule has 0 aromatic carbocycles. The molecule has 66 valence electrons. The fourth-order valence-electron chi connectivity index (χ4n) is 0.947. The van der Waals surface area contributed by atoms with Gasteiger partial charge in [-0.25, -0.2) is 0 Å². The molecule has 0 aliphatic heterocycles. The second-order valence-corrected chi connectivity index (χ2v) is 2.73. The van der Waals surface area contributed by atoms with Crippen molar-refractivity contribution in [2.24, 2.45) is 5.92 Å². The Kier molecular flexibility index (Phi) is 7.64. The van der Waals surface area contributed by atoms with E-state index in [2.05, 4.69) is 6.92 Å². The smallest absolute Gasteiger partial charge is 0.0546 e. The molecule has 2 nitrogen and oxygen atoms in total. The van der Waals surface area contributed by atoms with Gasteiger partial charge in [0, 0.05) is 5.71 Å². The third-order valence-electron chi connectivity index (χ3n) is 1.62. The van der Waals surface area contributed by atoms with E-state index in [0.29, 0.717) is 11.4 Å². The molecule has 11 heavy (non-hydrogen) atoms. The number of nitrogens with one attached hydrogen (secondary N) is 2. The molecule has 3 heteroatoms. The maximum Gasteiger partial charge on any atom is 0.0546 e. The van der Waals surface area contributed by atoms with Crippen molar-refractivity contribution in [3.8, 4) is 0 Å². The molecule has 0 bridgehead atoms. The first-order chi connectivity index (χ1) is 4.59. The van der Waals surface area contributed by atoms with Crippen molar-refractivity contribution in [3.63, 3.8) is 0 Å². The Balaban J connectivity index is 0. The van der Waals surface area contributed by atoms with Gasteiger partial charge in [0.2, 0.25) is 0 Å². The third kappa shape index (κ3) is 4.96. The highest BCUT2D eigenvalue weighted by Crippen LogP contribution is 2.06. The van der Waals surface area contributed by atoms with Gasteiger partial charge in [-0.2, -0.15) is 0 Å². The van der Waals surface area contributed by atoms with Crippen molar-refractivity contribution in [1.82, 2.24) is 0 Å². The molecule has 0 aliphatic carbocycles. The first-order valence-electron chi connectivity index (χ1n) is 3.73. The topological polar surface area (TPSA) is 47.7 Å². The molecule has 0 amide bonds. The Bertz CT molecular complexity index is 143. The summed E-state index contributed by atoms with van der Waals surface area (Å²) in [5, 5.41) is 14.6. The van der Waals surface area contributed by atoms with E-state index in [1.807, 2.05) is 6.92 Å². The summed E-state index contributed by atoms with van der Waals surface area (Å²) < 4.78 is 0. The summed E-state index contributed by atoms with van der Waals surface area (Å²) in [6.45, 7) is 5.78. The molecule has 0 radical (unpaired) electrons. The second-order valence-electron chi connectivity index (χ2n) is 2.73. The van der Waals surface area contributed by atoms with Crippen LogP contribution in [-0.2, 0) is 0 Å². The summed E-state index contributed by atoms with van der Waals surface area (Å²) in [6.07, 6.45) is 2.12. The molecule has 0 aromatic heterocycles. The lowest BCUT2D eigenvalue weighted by molar-refractivity contribution is 0.668. The molecule has 1 atom stereocenters. The molecular weight excluding hydrogens is 160 g/mol. The molecule has 0 spiro atoms. The quantitative estimate of drug-likeness (QED) is 0.619. The van der Waals surface area contributed by atoms with Gasteiger partial charge in [0.05, 0.1) is 5.71 Å². The van der Waals surface area contributed by atoms with Gasteiger partial charge in [0.25, 0.3) is 0 Å². The summed E-state index contributed by atoms with van der Waals surface area (Å²) >= 11 is 0. The molecule has 1 unspecified atom stereocenters. The molecule has 0 saturated heterocycles. The summed E-state index contributed by atoms with van der Waals surface area (Å²) in [5.41, 5.74) is 0.891. The lowest BCUT2D eigenvalue weighted by Gasteiger charge is -2.09. The van der Waals surface area contributed by atoms with E-state index in [-0.39, 0.29) is 18.3 Å². The van der Waals surface area contributed by atoms with Crippen LogP contribution in [0.2, 0.25) is 0 Å². The molecule has 0 aliphatic rings. The standard InChI is InChI=1S/C8H16N2.ClH/c1-4-5-6(2)8(10)7(3)9;/h6,9-10H,4-5H2,1-3H3;1H. The zero-order valence-electron chi connectivity index (χ0n) is 7.40. The van der Waals surface area contributed by atoms with Crippen LogP contribution in [0, 0.1) is 16.7 Å². The zero-order chi connectivity index (χ0) is 8.15. The summed E-state index contributed by atoms with van der Waals surface area (Å²) in [7, 11) is 0. The number of hydrogen-bond acceptors (Lipinski definition) is 2. The molecule has 2 N–H and O–H groups in total. The SMILES string of the molecule is CCCC(C)C(=N)C(C)=N.Cl. The van der Waals surface area contributed by atoms with Gasteiger partial charge >= 0.3 is 0 Å². The van der Waals surface area contributed by atoms with Crippen LogP contribution >= 0.6 is 12.4 Å². The Labute approximate surface area is 74.8 Å². The number of rotatable bonds is 4. The lowest BCUT2D eigenvalue weighted by atomic mass is 9.98. The van der Waals surface area contributed by atoms with Crippen LogP contribution in [-0.4, -0.2) is 11.4 Å². The van der Waals surface area contributed by atoms with Gasteiger partial charge in [0.15, 0.2) is 0 Å². The van der Waals surface area contributed by atoms with E-state index < -0.39 is 0 Å². The second kappa shape index (κ2) is 6.35. The maximum absolute atomic E-state index is 7.43. The summed E-state index contributed by atoms with van der Waals surface area (Å²) in [6, 6.07) is 0. The van der Waals surface area contributed by atoms with E-state index in [9.17, 15) is 0 Å². The highest BCUT2D eigenvalue weighted by atomic mass is 35.5. The van der Waals surface area contributed by atoms with Crippen molar-refractivity contribution in [2.45, 2.75) is 33.6 Å². The largest absolute Gasteiger partial charge is 0.304 e. The fourth-order valence-corrected chi connectivity index (χ4v) is 0.947.